The van der Waals surface area contributed by atoms with Crippen molar-refractivity contribution >= 4 is 19.8 Å². The van der Waals surface area contributed by atoms with Crippen molar-refractivity contribution in [1.29, 1.82) is 0 Å². The summed E-state index contributed by atoms with van der Waals surface area (Å²) in [7, 11) is 1.32. The molecule has 0 rings (SSSR count). The molecule has 0 amide bonds. The summed E-state index contributed by atoms with van der Waals surface area (Å²) >= 11 is 0. The van der Waals surface area contributed by atoms with Gasteiger partial charge in [0.25, 0.3) is 0 Å². The number of quaternary nitrogens is 1. The van der Waals surface area contributed by atoms with Gasteiger partial charge in [0.1, 0.15) is 19.8 Å². The summed E-state index contributed by atoms with van der Waals surface area (Å²) in [5.41, 5.74) is 0. The van der Waals surface area contributed by atoms with Crippen LogP contribution in [0.5, 0.6) is 0 Å². The van der Waals surface area contributed by atoms with Crippen LogP contribution in [0.1, 0.15) is 181 Å². The number of allylic oxidation sites excluding steroid dienone is 8. The minimum absolute atomic E-state index is 0.00964. The predicted octanol–water partition coefficient (Wildman–Crippen LogP) is 12.0. The molecule has 0 aromatic rings. The molecule has 0 aromatic carbocycles. The number of phosphoric ester groups is 1. The molecule has 0 aliphatic heterocycles. The zero-order valence-corrected chi connectivity index (χ0v) is 40.7. The highest BCUT2D eigenvalue weighted by Crippen LogP contribution is 2.43. The molecule has 0 aromatic heterocycles. The lowest BCUT2D eigenvalue weighted by atomic mass is 10.1. The Morgan fingerprint density at radius 3 is 1.61 bits per heavy atom. The number of nitrogens with zero attached hydrogens (tertiary/aromatic N) is 1. The molecule has 62 heavy (non-hydrogen) atoms. The van der Waals surface area contributed by atoms with Crippen LogP contribution in [0.15, 0.2) is 60.8 Å². The third kappa shape index (κ3) is 44.2. The highest BCUT2D eigenvalue weighted by molar-refractivity contribution is 7.47. The first-order valence-electron chi connectivity index (χ1n) is 24.2. The van der Waals surface area contributed by atoms with Crippen molar-refractivity contribution in [1.82, 2.24) is 0 Å². The first-order chi connectivity index (χ1) is 29.8. The van der Waals surface area contributed by atoms with E-state index in [0.29, 0.717) is 36.7 Å². The Labute approximate surface area is 378 Å². The van der Waals surface area contributed by atoms with E-state index in [2.05, 4.69) is 26.0 Å². The normalized spacial score (nSPS) is 15.0. The fraction of sp³-hybridized carbons (Fsp3) is 0.760. The SMILES string of the molecule is CCCCCCCC/C=C\CCCCCCCCCCCC(=O)OC[C@H](COP(=O)(O)OCC[N+](C)(C)C)OC(=O)CCC[C@H](O)/C=C/C=C\C/C=C\C=C\[C@H](O)CCCCC. The molecule has 4 atom stereocenters. The molecule has 12 heteroatoms. The molecule has 1 unspecified atom stereocenters. The van der Waals surface area contributed by atoms with Gasteiger partial charge in [-0.25, -0.2) is 4.57 Å². The lowest BCUT2D eigenvalue weighted by Gasteiger charge is -2.24. The Morgan fingerprint density at radius 2 is 1.06 bits per heavy atom. The van der Waals surface area contributed by atoms with Gasteiger partial charge in [-0.15, -0.1) is 0 Å². The number of esters is 2. The second-order valence-corrected chi connectivity index (χ2v) is 19.0. The van der Waals surface area contributed by atoms with Gasteiger partial charge in [-0.2, -0.15) is 0 Å². The number of rotatable bonds is 43. The number of hydrogen-bond acceptors (Lipinski definition) is 9. The average Bonchev–Trinajstić information content (AvgIpc) is 3.21. The van der Waals surface area contributed by atoms with Gasteiger partial charge in [-0.3, -0.25) is 18.6 Å². The minimum Gasteiger partial charge on any atom is -0.462 e. The van der Waals surface area contributed by atoms with Crippen LogP contribution in [0.4, 0.5) is 0 Å². The Bertz CT molecular complexity index is 1270. The van der Waals surface area contributed by atoms with Crippen molar-refractivity contribution in [3.63, 3.8) is 0 Å². The van der Waals surface area contributed by atoms with Crippen LogP contribution in [0.25, 0.3) is 0 Å². The van der Waals surface area contributed by atoms with Gasteiger partial charge in [0.15, 0.2) is 6.10 Å². The van der Waals surface area contributed by atoms with Crippen molar-refractivity contribution < 1.29 is 52.3 Å². The zero-order chi connectivity index (χ0) is 46.0. The topological polar surface area (TPSA) is 149 Å². The van der Waals surface area contributed by atoms with E-state index in [1.165, 1.54) is 83.5 Å². The second kappa shape index (κ2) is 41.3. The first kappa shape index (κ1) is 59.6. The van der Waals surface area contributed by atoms with Crippen LogP contribution in [0.2, 0.25) is 0 Å². The molecule has 0 radical (unpaired) electrons. The van der Waals surface area contributed by atoms with E-state index in [4.69, 9.17) is 18.5 Å². The van der Waals surface area contributed by atoms with Crippen molar-refractivity contribution in [3.05, 3.63) is 60.8 Å². The van der Waals surface area contributed by atoms with Crippen LogP contribution in [0, 0.1) is 0 Å². The summed E-state index contributed by atoms with van der Waals surface area (Å²) in [6.45, 7) is 4.05. The molecule has 0 spiro atoms. The molecule has 0 saturated carbocycles. The third-order valence-electron chi connectivity index (χ3n) is 10.2. The van der Waals surface area contributed by atoms with Crippen molar-refractivity contribution in [3.8, 4) is 0 Å². The molecule has 0 saturated heterocycles. The summed E-state index contributed by atoms with van der Waals surface area (Å²) in [5, 5.41) is 20.3. The molecular formula is C50H91NO10P+. The van der Waals surface area contributed by atoms with Crippen molar-refractivity contribution in [2.45, 2.75) is 199 Å². The summed E-state index contributed by atoms with van der Waals surface area (Å²) in [6, 6.07) is 0. The number of carbonyl (C=O) groups excluding carboxylic acids is 2. The Morgan fingerprint density at radius 1 is 0.581 bits per heavy atom. The Kier molecular flexibility index (Phi) is 39.8. The number of carbonyl (C=O) groups is 2. The van der Waals surface area contributed by atoms with Crippen LogP contribution >= 0.6 is 7.82 Å². The molecule has 0 aliphatic carbocycles. The number of ether oxygens (including phenoxy) is 2. The third-order valence-corrected chi connectivity index (χ3v) is 11.2. The molecule has 0 fully saturated rings. The molecule has 3 N–H and O–H groups in total. The quantitative estimate of drug-likeness (QED) is 0.0135. The zero-order valence-electron chi connectivity index (χ0n) is 39.8. The number of aliphatic hydroxyl groups excluding tert-OH is 2. The summed E-state index contributed by atoms with van der Waals surface area (Å²) in [6.07, 6.45) is 43.4. The number of hydrogen-bond donors (Lipinski definition) is 3. The van der Waals surface area contributed by atoms with E-state index in [1.807, 2.05) is 51.5 Å². The van der Waals surface area contributed by atoms with Crippen molar-refractivity contribution in [2.24, 2.45) is 0 Å². The van der Waals surface area contributed by atoms with Gasteiger partial charge >= 0.3 is 19.8 Å². The predicted molar refractivity (Wildman–Crippen MR) is 255 cm³/mol. The van der Waals surface area contributed by atoms with Gasteiger partial charge in [0, 0.05) is 12.8 Å². The summed E-state index contributed by atoms with van der Waals surface area (Å²) in [5.74, 6) is -1.03. The van der Waals surface area contributed by atoms with E-state index in [0.717, 1.165) is 44.9 Å². The lowest BCUT2D eigenvalue weighted by Crippen LogP contribution is -2.37. The van der Waals surface area contributed by atoms with E-state index in [9.17, 15) is 29.3 Å². The van der Waals surface area contributed by atoms with E-state index >= 15 is 0 Å². The second-order valence-electron chi connectivity index (χ2n) is 17.5. The first-order valence-corrected chi connectivity index (χ1v) is 25.7. The largest absolute Gasteiger partial charge is 0.472 e. The summed E-state index contributed by atoms with van der Waals surface area (Å²) in [4.78, 5) is 35.5. The molecule has 0 aliphatic rings. The van der Waals surface area contributed by atoms with E-state index in [1.54, 1.807) is 18.2 Å². The van der Waals surface area contributed by atoms with Gasteiger partial charge < -0.3 is 29.1 Å². The van der Waals surface area contributed by atoms with E-state index in [-0.39, 0.29) is 26.1 Å². The molecule has 0 heterocycles. The maximum Gasteiger partial charge on any atom is 0.472 e. The highest BCUT2D eigenvalue weighted by Gasteiger charge is 2.27. The molecule has 11 nitrogen and oxygen atoms in total. The number of likely N-dealkylation sites (N-methyl/N-ethyl adjacent to an activating group) is 1. The minimum atomic E-state index is -4.45. The van der Waals surface area contributed by atoms with Gasteiger partial charge in [-0.1, -0.05) is 171 Å². The van der Waals surface area contributed by atoms with Crippen LogP contribution in [-0.4, -0.2) is 97.3 Å². The maximum atomic E-state index is 12.7. The van der Waals surface area contributed by atoms with E-state index < -0.39 is 44.7 Å². The Balaban J connectivity index is 4.52. The number of aliphatic hydroxyl groups is 2. The summed E-state index contributed by atoms with van der Waals surface area (Å²) < 4.78 is 34.2. The smallest absolute Gasteiger partial charge is 0.462 e. The monoisotopic (exact) mass is 897 g/mol. The van der Waals surface area contributed by atoms with Gasteiger partial charge in [-0.05, 0) is 57.8 Å². The van der Waals surface area contributed by atoms with Crippen LogP contribution < -0.4 is 0 Å². The highest BCUT2D eigenvalue weighted by atomic mass is 31.2. The number of unbranched alkanes of at least 4 members (excludes halogenated alkanes) is 17. The van der Waals surface area contributed by atoms with Gasteiger partial charge in [0.2, 0.25) is 0 Å². The standard InChI is InChI=1S/C50H90NO10P/c1-6-8-10-11-12-13-14-15-16-17-18-19-20-21-22-23-27-30-34-40-49(54)58-44-48(45-60-62(56,57)59-43-42-51(3,4)5)61-50(55)41-35-39-47(53)38-33-29-26-24-25-28-32-37-46(52)36-31-9-7-2/h15-16,25-26,28-29,32-33,37-38,46-48,52-53H,6-14,17-24,27,30-31,34-36,39-45H2,1-5H3/p+1/b16-15-,28-25-,29-26-,37-32+,38-33+/t46-,47-,48-/m1/s1. The van der Waals surface area contributed by atoms with Crippen LogP contribution in [-0.2, 0) is 32.7 Å². The van der Waals surface area contributed by atoms with Crippen molar-refractivity contribution in [2.75, 3.05) is 47.5 Å². The lowest BCUT2D eigenvalue weighted by molar-refractivity contribution is -0.870. The Hall–Kier alpha value is -2.37. The molecular weight excluding hydrogens is 806 g/mol. The van der Waals surface area contributed by atoms with Crippen LogP contribution in [0.3, 0.4) is 0 Å². The van der Waals surface area contributed by atoms with Gasteiger partial charge in [0.05, 0.1) is 40.0 Å². The molecule has 0 bridgehead atoms. The fourth-order valence-electron chi connectivity index (χ4n) is 6.34. The fourth-order valence-corrected chi connectivity index (χ4v) is 7.08. The number of phosphoric acid groups is 1. The molecule has 360 valence electrons. The maximum absolute atomic E-state index is 12.7. The average molecular weight is 897 g/mol.